The molecule has 0 N–H and O–H groups in total. The van der Waals surface area contributed by atoms with Crippen LogP contribution in [0.1, 0.15) is 5.56 Å². The topological polar surface area (TPSA) is 57.7 Å². The zero-order valence-corrected chi connectivity index (χ0v) is 16.3. The molecule has 0 spiro atoms. The smallest absolute Gasteiger partial charge is 0.246 e. The predicted molar refractivity (Wildman–Crippen MR) is 102 cm³/mol. The number of carbonyl (C=O) groups excluding carboxylic acids is 1. The number of sulfonamides is 1. The van der Waals surface area contributed by atoms with Gasteiger partial charge < -0.3 is 4.90 Å². The molecule has 1 saturated heterocycles. The van der Waals surface area contributed by atoms with E-state index in [4.69, 9.17) is 11.6 Å². The number of piperazine rings is 1. The fourth-order valence-corrected chi connectivity index (χ4v) is 4.45. The van der Waals surface area contributed by atoms with Gasteiger partial charge in [0.15, 0.2) is 11.6 Å². The monoisotopic (exact) mass is 426 g/mol. The lowest BCUT2D eigenvalue weighted by Crippen LogP contribution is -2.50. The summed E-state index contributed by atoms with van der Waals surface area (Å²) in [6, 6.07) is 9.50. The Hall–Kier alpha value is -2.29. The number of nitrogens with zero attached hydrogens (tertiary/aromatic N) is 2. The Kier molecular flexibility index (Phi) is 6.12. The first-order valence-electron chi connectivity index (χ1n) is 8.45. The molecule has 0 unspecified atom stereocenters. The van der Waals surface area contributed by atoms with Crippen molar-refractivity contribution in [2.24, 2.45) is 0 Å². The van der Waals surface area contributed by atoms with E-state index in [1.54, 1.807) is 24.3 Å². The molecule has 0 aromatic heterocycles. The van der Waals surface area contributed by atoms with Gasteiger partial charge in [-0.25, -0.2) is 17.2 Å². The highest BCUT2D eigenvalue weighted by Crippen LogP contribution is 2.20. The van der Waals surface area contributed by atoms with Crippen LogP contribution in [0.15, 0.2) is 53.4 Å². The Bertz CT molecular complexity index is 1020. The first kappa shape index (κ1) is 20.4. The molecule has 5 nitrogen and oxygen atoms in total. The van der Waals surface area contributed by atoms with Gasteiger partial charge in [-0.15, -0.1) is 0 Å². The van der Waals surface area contributed by atoms with Crippen LogP contribution in [-0.4, -0.2) is 49.7 Å². The van der Waals surface area contributed by atoms with Gasteiger partial charge in [0.1, 0.15) is 0 Å². The van der Waals surface area contributed by atoms with E-state index in [1.165, 1.54) is 11.0 Å². The Morgan fingerprint density at radius 3 is 2.36 bits per heavy atom. The summed E-state index contributed by atoms with van der Waals surface area (Å²) in [5.74, 6) is -2.58. The third-order valence-corrected chi connectivity index (χ3v) is 6.48. The van der Waals surface area contributed by atoms with Gasteiger partial charge in [0.2, 0.25) is 15.9 Å². The maximum atomic E-state index is 13.4. The highest BCUT2D eigenvalue weighted by atomic mass is 35.5. The van der Waals surface area contributed by atoms with Crippen LogP contribution in [0.4, 0.5) is 8.78 Å². The standard InChI is InChI=1S/C19H17ClF2N2O3S/c20-15-3-1-2-14(12-15)4-7-19(25)23-8-10-24(11-9-23)28(26,27)16-5-6-17(21)18(22)13-16/h1-7,12-13H,8-11H2/b7-4+. The van der Waals surface area contributed by atoms with Crippen molar-refractivity contribution < 1.29 is 22.0 Å². The Labute approximate surface area is 166 Å². The number of halogens is 3. The van der Waals surface area contributed by atoms with Crippen molar-refractivity contribution in [2.75, 3.05) is 26.2 Å². The molecule has 0 atom stereocenters. The summed E-state index contributed by atoms with van der Waals surface area (Å²) in [6.45, 7) is 0.527. The molecule has 9 heteroatoms. The first-order chi connectivity index (χ1) is 13.3. The lowest BCUT2D eigenvalue weighted by molar-refractivity contribution is -0.127. The Morgan fingerprint density at radius 1 is 1.00 bits per heavy atom. The Morgan fingerprint density at radius 2 is 1.71 bits per heavy atom. The second-order valence-corrected chi connectivity index (χ2v) is 8.57. The van der Waals surface area contributed by atoms with E-state index in [2.05, 4.69) is 0 Å². The summed E-state index contributed by atoms with van der Waals surface area (Å²) in [4.78, 5) is 13.5. The molecule has 28 heavy (non-hydrogen) atoms. The molecule has 148 valence electrons. The number of hydrogen-bond donors (Lipinski definition) is 0. The SMILES string of the molecule is O=C(/C=C/c1cccc(Cl)c1)N1CCN(S(=O)(=O)c2ccc(F)c(F)c2)CC1. The van der Waals surface area contributed by atoms with E-state index in [1.807, 2.05) is 6.07 Å². The summed E-state index contributed by atoms with van der Waals surface area (Å²) in [5, 5.41) is 0.561. The van der Waals surface area contributed by atoms with Crippen LogP contribution in [0.3, 0.4) is 0 Å². The van der Waals surface area contributed by atoms with Crippen molar-refractivity contribution in [3.63, 3.8) is 0 Å². The van der Waals surface area contributed by atoms with E-state index in [-0.39, 0.29) is 37.0 Å². The lowest BCUT2D eigenvalue weighted by atomic mass is 10.2. The van der Waals surface area contributed by atoms with Crippen LogP contribution in [0.5, 0.6) is 0 Å². The van der Waals surface area contributed by atoms with Crippen molar-refractivity contribution >= 4 is 33.6 Å². The average molecular weight is 427 g/mol. The molecule has 0 bridgehead atoms. The molecule has 2 aromatic rings. The summed E-state index contributed by atoms with van der Waals surface area (Å²) in [7, 11) is -3.95. The molecule has 1 aliphatic rings. The highest BCUT2D eigenvalue weighted by molar-refractivity contribution is 7.89. The molecule has 2 aromatic carbocycles. The van der Waals surface area contributed by atoms with E-state index in [9.17, 15) is 22.0 Å². The summed E-state index contributed by atoms with van der Waals surface area (Å²) < 4.78 is 52.7. The molecule has 1 fully saturated rings. The van der Waals surface area contributed by atoms with E-state index >= 15 is 0 Å². The van der Waals surface area contributed by atoms with Crippen LogP contribution >= 0.6 is 11.6 Å². The molecular weight excluding hydrogens is 410 g/mol. The third kappa shape index (κ3) is 4.57. The molecular formula is C19H17ClF2N2O3S. The Balaban J connectivity index is 1.63. The van der Waals surface area contributed by atoms with Crippen LogP contribution in [0, 0.1) is 11.6 Å². The molecule has 1 heterocycles. The maximum Gasteiger partial charge on any atom is 0.246 e. The van der Waals surface area contributed by atoms with E-state index in [0.717, 1.165) is 22.0 Å². The van der Waals surface area contributed by atoms with Crippen molar-refractivity contribution in [1.82, 2.24) is 9.21 Å². The normalized spacial score (nSPS) is 15.9. The maximum absolute atomic E-state index is 13.4. The number of benzene rings is 2. The minimum atomic E-state index is -3.95. The highest BCUT2D eigenvalue weighted by Gasteiger charge is 2.30. The van der Waals surface area contributed by atoms with Gasteiger partial charge in [-0.1, -0.05) is 23.7 Å². The molecule has 3 rings (SSSR count). The molecule has 1 aliphatic heterocycles. The van der Waals surface area contributed by atoms with Crippen molar-refractivity contribution in [3.8, 4) is 0 Å². The minimum absolute atomic E-state index is 0.0675. The lowest BCUT2D eigenvalue weighted by Gasteiger charge is -2.33. The zero-order valence-electron chi connectivity index (χ0n) is 14.7. The van der Waals surface area contributed by atoms with Crippen LogP contribution in [0.25, 0.3) is 6.08 Å². The van der Waals surface area contributed by atoms with Crippen LogP contribution in [0.2, 0.25) is 5.02 Å². The second kappa shape index (κ2) is 8.38. The van der Waals surface area contributed by atoms with Gasteiger partial charge in [-0.3, -0.25) is 4.79 Å². The molecule has 1 amide bonds. The molecule has 0 saturated carbocycles. The predicted octanol–water partition coefficient (Wildman–Crippen LogP) is 3.16. The fraction of sp³-hybridized carbons (Fsp3) is 0.211. The zero-order chi connectivity index (χ0) is 20.3. The number of amides is 1. The van der Waals surface area contributed by atoms with Gasteiger partial charge in [-0.2, -0.15) is 4.31 Å². The summed E-state index contributed by atoms with van der Waals surface area (Å²) in [6.07, 6.45) is 3.05. The first-order valence-corrected chi connectivity index (χ1v) is 10.3. The fourth-order valence-electron chi connectivity index (χ4n) is 2.82. The minimum Gasteiger partial charge on any atom is -0.337 e. The number of hydrogen-bond acceptors (Lipinski definition) is 3. The van der Waals surface area contributed by atoms with E-state index < -0.39 is 21.7 Å². The summed E-state index contributed by atoms with van der Waals surface area (Å²) >= 11 is 5.90. The van der Waals surface area contributed by atoms with Crippen LogP contribution in [-0.2, 0) is 14.8 Å². The molecule has 0 radical (unpaired) electrons. The van der Waals surface area contributed by atoms with Gasteiger partial charge in [0.05, 0.1) is 4.90 Å². The largest absolute Gasteiger partial charge is 0.337 e. The van der Waals surface area contributed by atoms with Crippen molar-refractivity contribution in [1.29, 1.82) is 0 Å². The van der Waals surface area contributed by atoms with Gasteiger partial charge in [0, 0.05) is 37.3 Å². The van der Waals surface area contributed by atoms with Crippen molar-refractivity contribution in [3.05, 3.63) is 70.8 Å². The number of carbonyl (C=O) groups is 1. The third-order valence-electron chi connectivity index (χ3n) is 4.35. The van der Waals surface area contributed by atoms with E-state index in [0.29, 0.717) is 11.1 Å². The average Bonchev–Trinajstić information content (AvgIpc) is 2.68. The van der Waals surface area contributed by atoms with Gasteiger partial charge in [-0.05, 0) is 42.0 Å². The van der Waals surface area contributed by atoms with Gasteiger partial charge in [0.25, 0.3) is 0 Å². The number of rotatable bonds is 4. The summed E-state index contributed by atoms with van der Waals surface area (Å²) in [5.41, 5.74) is 0.778. The van der Waals surface area contributed by atoms with Gasteiger partial charge >= 0.3 is 0 Å². The molecule has 0 aliphatic carbocycles. The quantitative estimate of drug-likeness (QED) is 0.706. The van der Waals surface area contributed by atoms with Crippen molar-refractivity contribution in [2.45, 2.75) is 4.90 Å². The van der Waals surface area contributed by atoms with Crippen LogP contribution < -0.4 is 0 Å². The second-order valence-electron chi connectivity index (χ2n) is 6.19.